The first-order valence-electron chi connectivity index (χ1n) is 15.5. The van der Waals surface area contributed by atoms with E-state index in [9.17, 15) is 4.79 Å². The highest BCUT2D eigenvalue weighted by Gasteiger charge is 2.17. The first-order valence-corrected chi connectivity index (χ1v) is 10.4. The van der Waals surface area contributed by atoms with E-state index in [-0.39, 0.29) is 33.2 Å². The van der Waals surface area contributed by atoms with Crippen LogP contribution in [-0.4, -0.2) is 60.8 Å². The van der Waals surface area contributed by atoms with Gasteiger partial charge in [0.1, 0.15) is 16.5 Å². The third kappa shape index (κ3) is 6.20. The molecule has 1 amide bonds. The average molecular weight is 506 g/mol. The van der Waals surface area contributed by atoms with E-state index in [1.807, 2.05) is 0 Å². The topological polar surface area (TPSA) is 91.9 Å². The van der Waals surface area contributed by atoms with Crippen LogP contribution in [0, 0.1) is 0 Å². The van der Waals surface area contributed by atoms with E-state index in [1.54, 1.807) is 12.1 Å². The van der Waals surface area contributed by atoms with Gasteiger partial charge >= 0.3 is 0 Å². The minimum Gasteiger partial charge on any atom is -0.494 e. The Bertz CT molecular complexity index is 1610. The average Bonchev–Trinajstić information content (AvgIpc) is 2.94. The minimum atomic E-state index is -3.16. The van der Waals surface area contributed by atoms with E-state index in [1.165, 1.54) is 24.4 Å². The fourth-order valence-corrected chi connectivity index (χ4v) is 2.92. The zero-order valence-corrected chi connectivity index (χ0v) is 19.1. The number of ether oxygens (including phenoxy) is 2. The van der Waals surface area contributed by atoms with Crippen LogP contribution in [0.2, 0.25) is 5.02 Å². The predicted octanol–water partition coefficient (Wildman–Crippen LogP) is 4.55. The molecule has 0 aliphatic carbocycles. The lowest BCUT2D eigenvalue weighted by Gasteiger charge is -2.34. The van der Waals surface area contributed by atoms with E-state index >= 15 is 0 Å². The van der Waals surface area contributed by atoms with Crippen LogP contribution in [0.5, 0.6) is 17.4 Å². The Balaban J connectivity index is 1.70. The van der Waals surface area contributed by atoms with E-state index in [0.717, 1.165) is 25.3 Å². The van der Waals surface area contributed by atoms with E-state index in [4.69, 9.17) is 36.2 Å². The molecule has 0 spiro atoms. The fourth-order valence-electron chi connectivity index (χ4n) is 2.79. The van der Waals surface area contributed by atoms with Crippen molar-refractivity contribution in [2.45, 2.75) is 0 Å². The van der Waals surface area contributed by atoms with Crippen molar-refractivity contribution in [3.8, 4) is 17.4 Å². The maximum Gasteiger partial charge on any atom is 0.247 e. The molecule has 1 aliphatic rings. The monoisotopic (exact) mass is 505 g/mol. The summed E-state index contributed by atoms with van der Waals surface area (Å²) < 4.78 is 101. The summed E-state index contributed by atoms with van der Waals surface area (Å²) in [5, 5.41) is 5.33. The quantitative estimate of drug-likeness (QED) is 0.431. The minimum absolute atomic E-state index is 0.00646. The zero-order valence-electron chi connectivity index (χ0n) is 29.3. The molecular formula is C25H27ClN6O3. The zero-order chi connectivity index (χ0) is 34.5. The van der Waals surface area contributed by atoms with Crippen molar-refractivity contribution in [3.63, 3.8) is 0 Å². The van der Waals surface area contributed by atoms with Gasteiger partial charge in [0, 0.05) is 48.9 Å². The van der Waals surface area contributed by atoms with Gasteiger partial charge in [-0.05, 0) is 49.5 Å². The van der Waals surface area contributed by atoms with E-state index in [0.29, 0.717) is 10.6 Å². The number of nitrogens with zero attached hydrogens (tertiary/aromatic N) is 4. The number of nitrogens with one attached hydrogen (secondary N) is 2. The second-order valence-corrected chi connectivity index (χ2v) is 7.32. The Morgan fingerprint density at radius 3 is 2.71 bits per heavy atom. The van der Waals surface area contributed by atoms with Crippen LogP contribution in [0.4, 0.5) is 23.0 Å². The first-order chi connectivity index (χ1) is 21.1. The summed E-state index contributed by atoms with van der Waals surface area (Å²) in [5.74, 6) is -0.854. The van der Waals surface area contributed by atoms with E-state index in [2.05, 4.69) is 27.2 Å². The lowest BCUT2D eigenvalue weighted by molar-refractivity contribution is -0.111. The van der Waals surface area contributed by atoms with Crippen molar-refractivity contribution < 1.29 is 29.3 Å². The lowest BCUT2D eigenvalue weighted by atomic mass is 10.2. The molecule has 2 N–H and O–H groups in total. The summed E-state index contributed by atoms with van der Waals surface area (Å²) in [6.45, 7) is -9.03. The van der Waals surface area contributed by atoms with Crippen molar-refractivity contribution in [2.75, 3.05) is 55.6 Å². The van der Waals surface area contributed by atoms with Gasteiger partial charge < -0.3 is 29.9 Å². The highest BCUT2D eigenvalue weighted by Crippen LogP contribution is 2.33. The van der Waals surface area contributed by atoms with Crippen molar-refractivity contribution in [1.82, 2.24) is 14.9 Å². The van der Waals surface area contributed by atoms with Crippen LogP contribution in [-0.2, 0) is 4.79 Å². The summed E-state index contributed by atoms with van der Waals surface area (Å²) in [5.41, 5.74) is -0.0326. The molecule has 2 aromatic carbocycles. The van der Waals surface area contributed by atoms with Crippen molar-refractivity contribution in [2.24, 2.45) is 0 Å². The van der Waals surface area contributed by atoms with Crippen LogP contribution in [0.25, 0.3) is 0 Å². The molecule has 9 nitrogen and oxygen atoms in total. The molecule has 1 aliphatic heterocycles. The number of carbonyl (C=O) groups excluding carboxylic acids is 1. The number of carbonyl (C=O) groups is 1. The van der Waals surface area contributed by atoms with Gasteiger partial charge in [-0.25, -0.2) is 4.98 Å². The Hall–Kier alpha value is -3.82. The number of rotatable bonds is 8. The van der Waals surface area contributed by atoms with Crippen molar-refractivity contribution in [3.05, 3.63) is 66.3 Å². The molecule has 0 saturated carbocycles. The Kier molecular flexibility index (Phi) is 4.40. The molecule has 1 saturated heterocycles. The Labute approximate surface area is 224 Å². The highest BCUT2D eigenvalue weighted by molar-refractivity contribution is 6.31. The third-order valence-electron chi connectivity index (χ3n) is 4.47. The first kappa shape index (κ1) is 13.9. The molecule has 1 aromatic heterocycles. The van der Waals surface area contributed by atoms with Crippen LogP contribution in [0.3, 0.4) is 0 Å². The van der Waals surface area contributed by atoms with Crippen LogP contribution in [0.15, 0.2) is 61.3 Å². The number of benzene rings is 2. The van der Waals surface area contributed by atoms with Gasteiger partial charge in [-0.15, -0.1) is 0 Å². The standard InChI is InChI=1S/C25H27ClN6O3/c1-4-23(33)28-17-5-8-19(9-6-17)35-24-20(26)16-27-25(30-24)29-21-10-7-18(15-22(21)34-3)32-13-11-31(2)12-14-32/h4-10,15-16H,1,11-14H2,2-3H3,(H,28,33)(H,27,29,30)/i3D3,11D2,12D2,13D2,14D2. The Morgan fingerprint density at radius 1 is 1.23 bits per heavy atom. The van der Waals surface area contributed by atoms with Gasteiger partial charge in [-0.1, -0.05) is 18.2 Å². The van der Waals surface area contributed by atoms with Gasteiger partial charge in [0.25, 0.3) is 0 Å². The summed E-state index contributed by atoms with van der Waals surface area (Å²) >= 11 is 6.22. The number of hydrogen-bond acceptors (Lipinski definition) is 8. The van der Waals surface area contributed by atoms with Crippen molar-refractivity contribution >= 4 is 40.5 Å². The predicted molar refractivity (Wildman–Crippen MR) is 138 cm³/mol. The van der Waals surface area contributed by atoms with Gasteiger partial charge in [-0.2, -0.15) is 4.98 Å². The molecule has 0 radical (unpaired) electrons. The van der Waals surface area contributed by atoms with Crippen LogP contribution < -0.4 is 25.0 Å². The molecule has 0 unspecified atom stereocenters. The molecule has 3 aromatic rings. The number of halogens is 1. The number of aromatic nitrogens is 2. The smallest absolute Gasteiger partial charge is 0.247 e. The number of piperazine rings is 1. The van der Waals surface area contributed by atoms with Crippen LogP contribution >= 0.6 is 11.6 Å². The SMILES string of the molecule is [2H]C([2H])([2H])Oc1cc(N2C([2H])([2H])C([2H])([2H])N(C)C([2H])([2H])C2([2H])[2H])ccc1Nc1ncc(Cl)c(Oc2ccc(NC(=O)C=C)cc2)n1. The van der Waals surface area contributed by atoms with E-state index < -0.39 is 50.4 Å². The second-order valence-electron chi connectivity index (χ2n) is 6.92. The lowest BCUT2D eigenvalue weighted by Crippen LogP contribution is -2.44. The summed E-state index contributed by atoms with van der Waals surface area (Å²) in [6, 6.07) is 9.43. The maximum atomic E-state index is 11.5. The van der Waals surface area contributed by atoms with Gasteiger partial charge in [-0.3, -0.25) is 4.79 Å². The summed E-state index contributed by atoms with van der Waals surface area (Å²) in [7, 11) is -2.13. The fraction of sp³-hybridized carbons (Fsp3) is 0.240. The molecule has 1 fully saturated rings. The molecule has 2 heterocycles. The molecular weight excluding hydrogens is 468 g/mol. The largest absolute Gasteiger partial charge is 0.494 e. The summed E-state index contributed by atoms with van der Waals surface area (Å²) in [6.07, 6.45) is 2.31. The third-order valence-corrected chi connectivity index (χ3v) is 4.73. The normalized spacial score (nSPS) is 24.5. The number of methoxy groups -OCH3 is 1. The highest BCUT2D eigenvalue weighted by atomic mass is 35.5. The molecule has 182 valence electrons. The molecule has 0 atom stereocenters. The number of hydrogen-bond donors (Lipinski definition) is 2. The van der Waals surface area contributed by atoms with Gasteiger partial charge in [0.05, 0.1) is 28.5 Å². The van der Waals surface area contributed by atoms with Gasteiger partial charge in [0.2, 0.25) is 17.7 Å². The molecule has 35 heavy (non-hydrogen) atoms. The second kappa shape index (κ2) is 11.1. The van der Waals surface area contributed by atoms with Crippen LogP contribution in [0.1, 0.15) is 15.1 Å². The van der Waals surface area contributed by atoms with Crippen molar-refractivity contribution in [1.29, 1.82) is 0 Å². The summed E-state index contributed by atoms with van der Waals surface area (Å²) in [4.78, 5) is 20.4. The molecule has 0 bridgehead atoms. The van der Waals surface area contributed by atoms with Gasteiger partial charge in [0.15, 0.2) is 0 Å². The molecule has 4 rings (SSSR count). The Morgan fingerprint density at radius 2 is 2.00 bits per heavy atom. The number of likely N-dealkylation sites (N-methyl/N-ethyl adjacent to an activating group) is 1. The maximum absolute atomic E-state index is 11.5. The number of amides is 1. The number of anilines is 4. The molecule has 10 heteroatoms.